The van der Waals surface area contributed by atoms with E-state index in [1.165, 1.54) is 18.6 Å². The van der Waals surface area contributed by atoms with Gasteiger partial charge in [0.05, 0.1) is 18.9 Å². The Hall–Kier alpha value is -3.75. The van der Waals surface area contributed by atoms with Crippen LogP contribution >= 0.6 is 23.2 Å². The van der Waals surface area contributed by atoms with Gasteiger partial charge >= 0.3 is 0 Å². The van der Waals surface area contributed by atoms with Gasteiger partial charge < -0.3 is 13.8 Å². The lowest BCUT2D eigenvalue weighted by molar-refractivity contribution is 0.0995. The Balaban J connectivity index is 1.57. The van der Waals surface area contributed by atoms with E-state index in [1.807, 2.05) is 22.8 Å². The number of methoxy groups -OCH3 is 1. The number of hydrogen-bond donors (Lipinski definition) is 0. The zero-order valence-electron chi connectivity index (χ0n) is 17.2. The largest absolute Gasteiger partial charge is 0.497 e. The van der Waals surface area contributed by atoms with Crippen molar-refractivity contribution in [3.63, 3.8) is 0 Å². The molecule has 0 saturated carbocycles. The maximum Gasteiger partial charge on any atom is 0.299 e. The van der Waals surface area contributed by atoms with Crippen LogP contribution in [0.4, 0.5) is 0 Å². The lowest BCUT2D eigenvalue weighted by atomic mass is 10.1. The van der Waals surface area contributed by atoms with Gasteiger partial charge in [0, 0.05) is 46.1 Å². The van der Waals surface area contributed by atoms with Gasteiger partial charge in [-0.15, -0.1) is 0 Å². The Morgan fingerprint density at radius 3 is 2.79 bits per heavy atom. The van der Waals surface area contributed by atoms with Crippen molar-refractivity contribution in [2.24, 2.45) is 0 Å². The van der Waals surface area contributed by atoms with Gasteiger partial charge in [0.25, 0.3) is 11.7 Å². The molecule has 10 heteroatoms. The summed E-state index contributed by atoms with van der Waals surface area (Å²) in [6.07, 6.45) is 6.27. The van der Waals surface area contributed by atoms with Gasteiger partial charge in [-0.05, 0) is 35.9 Å². The average Bonchev–Trinajstić information content (AvgIpc) is 3.46. The predicted octanol–water partition coefficient (Wildman–Crippen LogP) is 5.08. The summed E-state index contributed by atoms with van der Waals surface area (Å²) in [5.41, 5.74) is 2.47. The summed E-state index contributed by atoms with van der Waals surface area (Å²) < 4.78 is 12.5. The molecule has 0 spiro atoms. The summed E-state index contributed by atoms with van der Waals surface area (Å²) in [6, 6.07) is 10.8. The third-order valence-electron chi connectivity index (χ3n) is 5.10. The number of hydrogen-bond acceptors (Lipinski definition) is 7. The van der Waals surface area contributed by atoms with Crippen molar-refractivity contribution >= 4 is 39.9 Å². The molecule has 0 bridgehead atoms. The first-order valence-corrected chi connectivity index (χ1v) is 10.5. The highest BCUT2D eigenvalue weighted by Gasteiger charge is 2.23. The third-order valence-corrected chi connectivity index (χ3v) is 5.69. The van der Waals surface area contributed by atoms with Gasteiger partial charge in [-0.2, -0.15) is 4.98 Å². The first-order chi connectivity index (χ1) is 16.0. The molecule has 0 fully saturated rings. The van der Waals surface area contributed by atoms with Gasteiger partial charge in [-0.25, -0.2) is 4.98 Å². The molecule has 0 amide bonds. The van der Waals surface area contributed by atoms with Crippen LogP contribution in [0.5, 0.6) is 5.75 Å². The third kappa shape index (κ3) is 4.06. The van der Waals surface area contributed by atoms with Crippen molar-refractivity contribution < 1.29 is 14.1 Å². The highest BCUT2D eigenvalue weighted by Crippen LogP contribution is 2.30. The van der Waals surface area contributed by atoms with Crippen molar-refractivity contribution in [3.05, 3.63) is 88.2 Å². The van der Waals surface area contributed by atoms with Gasteiger partial charge in [0.2, 0.25) is 5.82 Å². The summed E-state index contributed by atoms with van der Waals surface area (Å²) in [6.45, 7) is 0.431. The van der Waals surface area contributed by atoms with Gasteiger partial charge in [0.15, 0.2) is 0 Å². The highest BCUT2D eigenvalue weighted by atomic mass is 35.5. The van der Waals surface area contributed by atoms with E-state index in [-0.39, 0.29) is 11.7 Å². The molecule has 3 heterocycles. The monoisotopic (exact) mass is 479 g/mol. The number of halogens is 2. The lowest BCUT2D eigenvalue weighted by Crippen LogP contribution is -2.02. The topological polar surface area (TPSA) is 95.9 Å². The van der Waals surface area contributed by atoms with Crippen LogP contribution in [-0.2, 0) is 6.54 Å². The Labute approximate surface area is 197 Å². The van der Waals surface area contributed by atoms with E-state index < -0.39 is 5.78 Å². The second kappa shape index (κ2) is 8.65. The number of benzene rings is 2. The van der Waals surface area contributed by atoms with Gasteiger partial charge in [-0.1, -0.05) is 34.4 Å². The van der Waals surface area contributed by atoms with E-state index in [0.29, 0.717) is 39.0 Å². The second-order valence-electron chi connectivity index (χ2n) is 7.13. The number of carbonyl (C=O) groups is 1. The fourth-order valence-corrected chi connectivity index (χ4v) is 3.97. The van der Waals surface area contributed by atoms with Crippen LogP contribution in [0.2, 0.25) is 10.0 Å². The summed E-state index contributed by atoms with van der Waals surface area (Å²) in [5, 5.41) is 5.65. The van der Waals surface area contributed by atoms with E-state index in [2.05, 4.69) is 20.1 Å². The lowest BCUT2D eigenvalue weighted by Gasteiger charge is -2.08. The molecule has 8 nitrogen and oxygen atoms in total. The SMILES string of the molecule is COc1ccc2c(c1)c(C(=O)c1nc(-c3cnccn3)no1)cn2Cc1ccc(Cl)cc1Cl. The molecule has 0 radical (unpaired) electrons. The van der Waals surface area contributed by atoms with Crippen LogP contribution in [0, 0.1) is 0 Å². The number of fused-ring (bicyclic) bond motifs is 1. The number of carbonyl (C=O) groups excluding carboxylic acids is 1. The van der Waals surface area contributed by atoms with E-state index in [4.69, 9.17) is 32.5 Å². The van der Waals surface area contributed by atoms with Crippen molar-refractivity contribution in [2.45, 2.75) is 6.54 Å². The van der Waals surface area contributed by atoms with E-state index in [1.54, 1.807) is 31.5 Å². The molecular weight excluding hydrogens is 465 g/mol. The minimum atomic E-state index is -0.420. The standard InChI is InChI=1S/C23H15Cl2N5O3/c1-32-15-4-5-20-16(9-15)17(12-30(20)11-13-2-3-14(24)8-18(13)25)21(31)23-28-22(29-33-23)19-10-26-6-7-27-19/h2-10,12H,11H2,1H3. The molecule has 5 aromatic rings. The highest BCUT2D eigenvalue weighted by molar-refractivity contribution is 6.35. The fourth-order valence-electron chi connectivity index (χ4n) is 3.50. The fraction of sp³-hybridized carbons (Fsp3) is 0.0870. The van der Waals surface area contributed by atoms with E-state index in [0.717, 1.165) is 11.1 Å². The summed E-state index contributed by atoms with van der Waals surface area (Å²) in [5.74, 6) is 0.226. The average molecular weight is 480 g/mol. The molecule has 0 aliphatic carbocycles. The zero-order chi connectivity index (χ0) is 22.9. The molecule has 3 aromatic heterocycles. The van der Waals surface area contributed by atoms with Crippen LogP contribution in [-0.4, -0.2) is 37.6 Å². The molecule has 5 rings (SSSR count). The van der Waals surface area contributed by atoms with Gasteiger partial charge in [0.1, 0.15) is 11.4 Å². The zero-order valence-corrected chi connectivity index (χ0v) is 18.7. The van der Waals surface area contributed by atoms with E-state index in [9.17, 15) is 4.79 Å². The van der Waals surface area contributed by atoms with Crippen molar-refractivity contribution in [1.82, 2.24) is 24.7 Å². The Morgan fingerprint density at radius 2 is 2.03 bits per heavy atom. The molecule has 33 heavy (non-hydrogen) atoms. The Kier molecular flexibility index (Phi) is 5.53. The quantitative estimate of drug-likeness (QED) is 0.313. The summed E-state index contributed by atoms with van der Waals surface area (Å²) in [7, 11) is 1.57. The van der Waals surface area contributed by atoms with Crippen molar-refractivity contribution in [1.29, 1.82) is 0 Å². The number of nitrogens with zero attached hydrogens (tertiary/aromatic N) is 5. The van der Waals surface area contributed by atoms with Crippen LogP contribution < -0.4 is 4.74 Å². The Bertz CT molecular complexity index is 1480. The predicted molar refractivity (Wildman–Crippen MR) is 123 cm³/mol. The molecule has 0 unspecified atom stereocenters. The maximum absolute atomic E-state index is 13.4. The molecule has 0 N–H and O–H groups in total. The van der Waals surface area contributed by atoms with Crippen LogP contribution in [0.25, 0.3) is 22.4 Å². The number of ketones is 1. The normalized spacial score (nSPS) is 11.1. The second-order valence-corrected chi connectivity index (χ2v) is 7.98. The first kappa shape index (κ1) is 21.1. The molecule has 0 saturated heterocycles. The molecule has 0 aliphatic rings. The maximum atomic E-state index is 13.4. The minimum absolute atomic E-state index is 0.151. The van der Waals surface area contributed by atoms with Crippen molar-refractivity contribution in [2.75, 3.05) is 7.11 Å². The Morgan fingerprint density at radius 1 is 1.15 bits per heavy atom. The van der Waals surface area contributed by atoms with E-state index >= 15 is 0 Å². The smallest absolute Gasteiger partial charge is 0.299 e. The molecule has 0 atom stereocenters. The number of ether oxygens (including phenoxy) is 1. The first-order valence-electron chi connectivity index (χ1n) is 9.79. The molecule has 164 valence electrons. The van der Waals surface area contributed by atoms with Crippen LogP contribution in [0.1, 0.15) is 21.8 Å². The van der Waals surface area contributed by atoms with Crippen molar-refractivity contribution in [3.8, 4) is 17.3 Å². The van der Waals surface area contributed by atoms with Gasteiger partial charge in [-0.3, -0.25) is 9.78 Å². The summed E-state index contributed by atoms with van der Waals surface area (Å²) >= 11 is 12.4. The number of rotatable bonds is 6. The molecule has 0 aliphatic heterocycles. The van der Waals surface area contributed by atoms with Crippen LogP contribution in [0.15, 0.2) is 65.7 Å². The number of aromatic nitrogens is 5. The summed E-state index contributed by atoms with van der Waals surface area (Å²) in [4.78, 5) is 25.7. The molecular formula is C23H15Cl2N5O3. The molecule has 2 aromatic carbocycles. The van der Waals surface area contributed by atoms with Crippen LogP contribution in [0.3, 0.4) is 0 Å². The minimum Gasteiger partial charge on any atom is -0.497 e.